The van der Waals surface area contributed by atoms with Crippen LogP contribution in [0.15, 0.2) is 18.6 Å². The summed E-state index contributed by atoms with van der Waals surface area (Å²) in [6, 6.07) is 0.281. The fourth-order valence-corrected chi connectivity index (χ4v) is 2.08. The molecule has 0 aromatic carbocycles. The van der Waals surface area contributed by atoms with Crippen molar-refractivity contribution in [3.8, 4) is 0 Å². The number of ketones is 1. The zero-order valence-electron chi connectivity index (χ0n) is 10.3. The first-order valence-electron chi connectivity index (χ1n) is 5.85. The molecule has 0 saturated carbocycles. The van der Waals surface area contributed by atoms with Crippen LogP contribution < -0.4 is 0 Å². The SMILES string of the molecule is CN1CCN(C)C(CC(=O)c2cnccn2)C1. The molecule has 1 aromatic rings. The summed E-state index contributed by atoms with van der Waals surface area (Å²) < 4.78 is 0. The fourth-order valence-electron chi connectivity index (χ4n) is 2.08. The predicted octanol–water partition coefficient (Wildman–Crippen LogP) is 0.295. The van der Waals surface area contributed by atoms with E-state index in [0.717, 1.165) is 19.6 Å². The van der Waals surface area contributed by atoms with E-state index in [2.05, 4.69) is 33.9 Å². The summed E-state index contributed by atoms with van der Waals surface area (Å²) in [5.41, 5.74) is 0.467. The first-order chi connectivity index (χ1) is 8.16. The lowest BCUT2D eigenvalue weighted by atomic mass is 10.0. The number of aromatic nitrogens is 2. The molecule has 2 rings (SSSR count). The van der Waals surface area contributed by atoms with Crippen molar-refractivity contribution in [3.63, 3.8) is 0 Å². The van der Waals surface area contributed by atoms with Crippen molar-refractivity contribution in [2.45, 2.75) is 12.5 Å². The highest BCUT2D eigenvalue weighted by Crippen LogP contribution is 2.12. The highest BCUT2D eigenvalue weighted by Gasteiger charge is 2.25. The van der Waals surface area contributed by atoms with Gasteiger partial charge in [-0.25, -0.2) is 4.98 Å². The molecule has 1 aliphatic rings. The standard InChI is InChI=1S/C12H18N4O/c1-15-5-6-16(2)10(9-15)7-12(17)11-8-13-3-4-14-11/h3-4,8,10H,5-7,9H2,1-2H3. The molecule has 0 N–H and O–H groups in total. The molecular weight excluding hydrogens is 216 g/mol. The Hall–Kier alpha value is -1.33. The van der Waals surface area contributed by atoms with Gasteiger partial charge in [0.2, 0.25) is 0 Å². The first kappa shape index (κ1) is 12.1. The van der Waals surface area contributed by atoms with Crippen molar-refractivity contribution in [1.29, 1.82) is 0 Å². The third kappa shape index (κ3) is 3.08. The smallest absolute Gasteiger partial charge is 0.184 e. The Balaban J connectivity index is 1.98. The molecule has 0 spiro atoms. The second-order valence-corrected chi connectivity index (χ2v) is 4.61. The topological polar surface area (TPSA) is 49.3 Å². The van der Waals surface area contributed by atoms with E-state index in [-0.39, 0.29) is 11.8 Å². The Labute approximate surface area is 101 Å². The molecule has 5 nitrogen and oxygen atoms in total. The molecule has 1 saturated heterocycles. The molecule has 1 atom stereocenters. The van der Waals surface area contributed by atoms with Crippen molar-refractivity contribution < 1.29 is 4.79 Å². The van der Waals surface area contributed by atoms with Gasteiger partial charge in [0.05, 0.1) is 6.20 Å². The number of rotatable bonds is 3. The quantitative estimate of drug-likeness (QED) is 0.704. The van der Waals surface area contributed by atoms with Crippen molar-refractivity contribution in [3.05, 3.63) is 24.3 Å². The minimum atomic E-state index is 0.0743. The van der Waals surface area contributed by atoms with Crippen LogP contribution in [-0.4, -0.2) is 65.3 Å². The van der Waals surface area contributed by atoms with Gasteiger partial charge in [-0.2, -0.15) is 0 Å². The van der Waals surface area contributed by atoms with Crippen LogP contribution in [-0.2, 0) is 0 Å². The number of likely N-dealkylation sites (N-methyl/N-ethyl adjacent to an activating group) is 2. The van der Waals surface area contributed by atoms with Crippen molar-refractivity contribution >= 4 is 5.78 Å². The molecule has 0 aliphatic carbocycles. The number of Topliss-reactive ketones (excluding diaryl/α,β-unsaturated/α-hetero) is 1. The molecule has 1 aliphatic heterocycles. The number of hydrogen-bond acceptors (Lipinski definition) is 5. The van der Waals surface area contributed by atoms with Crippen LogP contribution in [0, 0.1) is 0 Å². The number of carbonyl (C=O) groups is 1. The van der Waals surface area contributed by atoms with Gasteiger partial charge in [-0.3, -0.25) is 9.78 Å². The molecule has 0 amide bonds. The van der Waals surface area contributed by atoms with Gasteiger partial charge in [0.15, 0.2) is 5.78 Å². The summed E-state index contributed by atoms with van der Waals surface area (Å²) >= 11 is 0. The van der Waals surface area contributed by atoms with E-state index in [0.29, 0.717) is 12.1 Å². The lowest BCUT2D eigenvalue weighted by Gasteiger charge is -2.37. The molecule has 0 radical (unpaired) electrons. The van der Waals surface area contributed by atoms with Gasteiger partial charge < -0.3 is 9.80 Å². The van der Waals surface area contributed by atoms with E-state index in [1.54, 1.807) is 12.4 Å². The summed E-state index contributed by atoms with van der Waals surface area (Å²) in [7, 11) is 4.16. The van der Waals surface area contributed by atoms with Gasteiger partial charge in [0.1, 0.15) is 5.69 Å². The van der Waals surface area contributed by atoms with Crippen LogP contribution in [0.5, 0.6) is 0 Å². The largest absolute Gasteiger partial charge is 0.304 e. The van der Waals surface area contributed by atoms with Crippen LogP contribution in [0.3, 0.4) is 0 Å². The molecule has 0 bridgehead atoms. The summed E-state index contributed by atoms with van der Waals surface area (Å²) in [5, 5.41) is 0. The average Bonchev–Trinajstić information content (AvgIpc) is 2.35. The normalized spacial score (nSPS) is 22.6. The van der Waals surface area contributed by atoms with E-state index in [9.17, 15) is 4.79 Å². The molecule has 1 fully saturated rings. The third-order valence-electron chi connectivity index (χ3n) is 3.25. The van der Waals surface area contributed by atoms with Crippen LogP contribution in [0.2, 0.25) is 0 Å². The summed E-state index contributed by atoms with van der Waals surface area (Å²) in [4.78, 5) is 24.5. The minimum absolute atomic E-state index is 0.0743. The predicted molar refractivity (Wildman–Crippen MR) is 64.9 cm³/mol. The Kier molecular flexibility index (Phi) is 3.81. The molecule has 92 valence electrons. The number of carbonyl (C=O) groups excluding carboxylic acids is 1. The van der Waals surface area contributed by atoms with Gasteiger partial charge in [-0.15, -0.1) is 0 Å². The zero-order valence-corrected chi connectivity index (χ0v) is 10.3. The number of nitrogens with zero attached hydrogens (tertiary/aromatic N) is 4. The zero-order chi connectivity index (χ0) is 12.3. The Bertz CT molecular complexity index is 381. The molecular formula is C12H18N4O. The molecule has 2 heterocycles. The average molecular weight is 234 g/mol. The van der Waals surface area contributed by atoms with E-state index < -0.39 is 0 Å². The minimum Gasteiger partial charge on any atom is -0.304 e. The monoisotopic (exact) mass is 234 g/mol. The Morgan fingerprint density at radius 1 is 1.41 bits per heavy atom. The first-order valence-corrected chi connectivity index (χ1v) is 5.85. The van der Waals surface area contributed by atoms with E-state index in [1.165, 1.54) is 6.20 Å². The van der Waals surface area contributed by atoms with Crippen LogP contribution in [0.4, 0.5) is 0 Å². The van der Waals surface area contributed by atoms with E-state index in [1.807, 2.05) is 0 Å². The Morgan fingerprint density at radius 3 is 2.94 bits per heavy atom. The molecule has 5 heteroatoms. The number of piperazine rings is 1. The summed E-state index contributed by atoms with van der Waals surface area (Å²) in [6.07, 6.45) is 5.19. The number of hydrogen-bond donors (Lipinski definition) is 0. The van der Waals surface area contributed by atoms with E-state index in [4.69, 9.17) is 0 Å². The van der Waals surface area contributed by atoms with E-state index >= 15 is 0 Å². The van der Waals surface area contributed by atoms with Gasteiger partial charge in [0.25, 0.3) is 0 Å². The Morgan fingerprint density at radius 2 is 2.24 bits per heavy atom. The molecule has 17 heavy (non-hydrogen) atoms. The van der Waals surface area contributed by atoms with Gasteiger partial charge in [-0.05, 0) is 14.1 Å². The maximum Gasteiger partial charge on any atom is 0.184 e. The maximum atomic E-state index is 12.0. The maximum absolute atomic E-state index is 12.0. The fraction of sp³-hybridized carbons (Fsp3) is 0.583. The van der Waals surface area contributed by atoms with Gasteiger partial charge in [0, 0.05) is 44.5 Å². The second-order valence-electron chi connectivity index (χ2n) is 4.61. The molecule has 1 aromatic heterocycles. The van der Waals surface area contributed by atoms with Gasteiger partial charge >= 0.3 is 0 Å². The summed E-state index contributed by atoms with van der Waals surface area (Å²) in [5.74, 6) is 0.0743. The van der Waals surface area contributed by atoms with Crippen molar-refractivity contribution in [1.82, 2.24) is 19.8 Å². The highest BCUT2D eigenvalue weighted by molar-refractivity contribution is 5.94. The highest BCUT2D eigenvalue weighted by atomic mass is 16.1. The second kappa shape index (κ2) is 5.33. The lowest BCUT2D eigenvalue weighted by molar-refractivity contribution is 0.0805. The van der Waals surface area contributed by atoms with Crippen molar-refractivity contribution in [2.75, 3.05) is 33.7 Å². The van der Waals surface area contributed by atoms with Crippen LogP contribution in [0.25, 0.3) is 0 Å². The van der Waals surface area contributed by atoms with Crippen molar-refractivity contribution in [2.24, 2.45) is 0 Å². The van der Waals surface area contributed by atoms with Crippen LogP contribution >= 0.6 is 0 Å². The van der Waals surface area contributed by atoms with Gasteiger partial charge in [-0.1, -0.05) is 0 Å². The lowest BCUT2D eigenvalue weighted by Crippen LogP contribution is -2.50. The van der Waals surface area contributed by atoms with Crippen LogP contribution in [0.1, 0.15) is 16.9 Å². The molecule has 1 unspecified atom stereocenters. The summed E-state index contributed by atoms with van der Waals surface area (Å²) in [6.45, 7) is 3.00. The third-order valence-corrected chi connectivity index (χ3v) is 3.25.